The number of aliphatic imine (C=N–C) groups is 1. The maximum absolute atomic E-state index is 13.0. The second-order valence-corrected chi connectivity index (χ2v) is 8.47. The number of ether oxygens (including phenoxy) is 2. The lowest BCUT2D eigenvalue weighted by Gasteiger charge is -2.36. The van der Waals surface area contributed by atoms with E-state index in [1.165, 1.54) is 23.9 Å². The van der Waals surface area contributed by atoms with E-state index < -0.39 is 16.9 Å². The van der Waals surface area contributed by atoms with E-state index in [9.17, 15) is 19.7 Å². The van der Waals surface area contributed by atoms with Gasteiger partial charge in [0.1, 0.15) is 0 Å². The number of allylic oxidation sites excluding steroid dienone is 1. The molecule has 3 heterocycles. The molecule has 10 nitrogen and oxygen atoms in total. The largest absolute Gasteiger partial charge is 0.463 e. The number of nitrogens with zero attached hydrogens (tertiary/aromatic N) is 4. The first-order valence-corrected chi connectivity index (χ1v) is 11.5. The number of benzene rings is 1. The predicted molar refractivity (Wildman–Crippen MR) is 122 cm³/mol. The van der Waals surface area contributed by atoms with Crippen molar-refractivity contribution in [3.8, 4) is 0 Å². The Labute approximate surface area is 195 Å². The fourth-order valence-corrected chi connectivity index (χ4v) is 5.01. The fraction of sp³-hybridized carbons (Fsp3) is 0.409. The Morgan fingerprint density at radius 2 is 2.09 bits per heavy atom. The van der Waals surface area contributed by atoms with Gasteiger partial charge >= 0.3 is 5.97 Å². The molecule has 1 saturated heterocycles. The number of amidine groups is 1. The van der Waals surface area contributed by atoms with Gasteiger partial charge in [0.2, 0.25) is 5.91 Å². The van der Waals surface area contributed by atoms with Crippen molar-refractivity contribution >= 4 is 34.5 Å². The third kappa shape index (κ3) is 4.64. The molecule has 174 valence electrons. The number of amides is 1. The Bertz CT molecular complexity index is 1080. The molecular formula is C22H24N4O6S. The number of hydrogen-bond donors (Lipinski definition) is 0. The van der Waals surface area contributed by atoms with Crippen molar-refractivity contribution in [2.75, 3.05) is 32.9 Å². The molecule has 1 amide bonds. The van der Waals surface area contributed by atoms with Crippen LogP contribution in [0.2, 0.25) is 0 Å². The van der Waals surface area contributed by atoms with Gasteiger partial charge in [0.25, 0.3) is 5.69 Å². The molecule has 3 aliphatic rings. The molecule has 0 saturated carbocycles. The fourth-order valence-electron chi connectivity index (χ4n) is 4.04. The molecule has 1 aromatic rings. The number of rotatable bonds is 6. The van der Waals surface area contributed by atoms with E-state index in [1.807, 2.05) is 10.3 Å². The highest BCUT2D eigenvalue weighted by molar-refractivity contribution is 8.16. The van der Waals surface area contributed by atoms with Crippen LogP contribution in [0.25, 0.3) is 0 Å². The van der Waals surface area contributed by atoms with Crippen LogP contribution in [0.3, 0.4) is 0 Å². The van der Waals surface area contributed by atoms with E-state index >= 15 is 0 Å². The van der Waals surface area contributed by atoms with Crippen molar-refractivity contribution in [3.05, 3.63) is 62.3 Å². The monoisotopic (exact) mass is 472 g/mol. The van der Waals surface area contributed by atoms with Gasteiger partial charge in [-0.15, -0.1) is 0 Å². The number of esters is 1. The van der Waals surface area contributed by atoms with Gasteiger partial charge in [0.15, 0.2) is 5.17 Å². The number of fused-ring (bicyclic) bond motifs is 1. The molecule has 0 unspecified atom stereocenters. The first-order valence-electron chi connectivity index (χ1n) is 10.6. The first kappa shape index (κ1) is 23.0. The summed E-state index contributed by atoms with van der Waals surface area (Å²) in [6.07, 6.45) is 0.118. The van der Waals surface area contributed by atoms with Crippen molar-refractivity contribution in [3.63, 3.8) is 0 Å². The third-order valence-electron chi connectivity index (χ3n) is 5.59. The van der Waals surface area contributed by atoms with E-state index in [0.29, 0.717) is 54.0 Å². The third-order valence-corrected chi connectivity index (χ3v) is 6.48. The number of carbonyl (C=O) groups excluding carboxylic acids is 2. The molecule has 11 heteroatoms. The Kier molecular flexibility index (Phi) is 6.80. The highest BCUT2D eigenvalue weighted by atomic mass is 32.2. The van der Waals surface area contributed by atoms with Gasteiger partial charge in [-0.2, -0.15) is 0 Å². The van der Waals surface area contributed by atoms with E-state index in [2.05, 4.69) is 4.99 Å². The van der Waals surface area contributed by atoms with Crippen LogP contribution in [0.5, 0.6) is 0 Å². The van der Waals surface area contributed by atoms with Crippen molar-refractivity contribution < 1.29 is 24.0 Å². The maximum Gasteiger partial charge on any atom is 0.338 e. The zero-order valence-electron chi connectivity index (χ0n) is 18.4. The standard InChI is InChI=1S/C22H24N4O6S/c1-3-32-21(28)19-14(2)23-22-25(20(19)15-5-4-6-16(11-15)26(29)30)17(13-33-22)12-18(27)24-7-9-31-10-8-24/h4-6,11,13,20H,3,7-10,12H2,1-2H3/t20-/m1/s1. The summed E-state index contributed by atoms with van der Waals surface area (Å²) in [6, 6.07) is 5.47. The predicted octanol–water partition coefficient (Wildman–Crippen LogP) is 2.98. The Balaban J connectivity index is 1.72. The second kappa shape index (κ2) is 9.75. The van der Waals surface area contributed by atoms with Crippen LogP contribution in [0.15, 0.2) is 51.6 Å². The Morgan fingerprint density at radius 3 is 2.79 bits per heavy atom. The number of nitro benzene ring substituents is 1. The highest BCUT2D eigenvalue weighted by Gasteiger charge is 2.41. The lowest BCUT2D eigenvalue weighted by molar-refractivity contribution is -0.384. The first-order chi connectivity index (χ1) is 15.9. The summed E-state index contributed by atoms with van der Waals surface area (Å²) in [5.74, 6) is -0.585. The Morgan fingerprint density at radius 1 is 1.33 bits per heavy atom. The molecule has 0 spiro atoms. The van der Waals surface area contributed by atoms with Crippen LogP contribution < -0.4 is 0 Å². The summed E-state index contributed by atoms with van der Waals surface area (Å²) >= 11 is 1.36. The van der Waals surface area contributed by atoms with Gasteiger partial charge in [-0.1, -0.05) is 23.9 Å². The van der Waals surface area contributed by atoms with E-state index in [4.69, 9.17) is 9.47 Å². The minimum absolute atomic E-state index is 0.0480. The van der Waals surface area contributed by atoms with Gasteiger partial charge in [-0.05, 0) is 24.8 Å². The van der Waals surface area contributed by atoms with Gasteiger partial charge in [-0.25, -0.2) is 9.79 Å². The van der Waals surface area contributed by atoms with Crippen LogP contribution in [-0.4, -0.2) is 64.7 Å². The number of carbonyl (C=O) groups is 2. The molecule has 1 atom stereocenters. The molecule has 4 rings (SSSR count). The average molecular weight is 473 g/mol. The van der Waals surface area contributed by atoms with Crippen molar-refractivity contribution in [2.24, 2.45) is 4.99 Å². The normalized spacial score (nSPS) is 20.2. The lowest BCUT2D eigenvalue weighted by Crippen LogP contribution is -2.42. The van der Waals surface area contributed by atoms with Crippen molar-refractivity contribution in [1.82, 2.24) is 9.80 Å². The summed E-state index contributed by atoms with van der Waals surface area (Å²) in [6.45, 7) is 5.68. The zero-order chi connectivity index (χ0) is 23.5. The Hall–Kier alpha value is -3.18. The quantitative estimate of drug-likeness (QED) is 0.353. The summed E-state index contributed by atoms with van der Waals surface area (Å²) in [5, 5.41) is 13.9. The molecule has 1 fully saturated rings. The summed E-state index contributed by atoms with van der Waals surface area (Å²) in [7, 11) is 0. The van der Waals surface area contributed by atoms with Gasteiger partial charge in [-0.3, -0.25) is 14.9 Å². The average Bonchev–Trinajstić information content (AvgIpc) is 3.20. The van der Waals surface area contributed by atoms with Crippen LogP contribution in [-0.2, 0) is 19.1 Å². The molecule has 0 N–H and O–H groups in total. The van der Waals surface area contributed by atoms with E-state index in [0.717, 1.165) is 0 Å². The van der Waals surface area contributed by atoms with Crippen LogP contribution in [0, 0.1) is 10.1 Å². The number of morpholine rings is 1. The number of nitro groups is 1. The lowest BCUT2D eigenvalue weighted by atomic mass is 9.93. The summed E-state index contributed by atoms with van der Waals surface area (Å²) in [5.41, 5.74) is 1.93. The zero-order valence-corrected chi connectivity index (χ0v) is 19.2. The van der Waals surface area contributed by atoms with E-state index in [-0.39, 0.29) is 24.6 Å². The summed E-state index contributed by atoms with van der Waals surface area (Å²) in [4.78, 5) is 45.0. The van der Waals surface area contributed by atoms with Crippen LogP contribution >= 0.6 is 11.8 Å². The second-order valence-electron chi connectivity index (χ2n) is 7.64. The number of non-ortho nitro benzene ring substituents is 1. The molecule has 1 aromatic carbocycles. The van der Waals surface area contributed by atoms with Gasteiger partial charge in [0, 0.05) is 30.9 Å². The molecule has 0 aliphatic carbocycles. The van der Waals surface area contributed by atoms with Crippen molar-refractivity contribution in [2.45, 2.75) is 26.3 Å². The number of hydrogen-bond acceptors (Lipinski definition) is 9. The number of thioether (sulfide) groups is 1. The van der Waals surface area contributed by atoms with Crippen LogP contribution in [0.4, 0.5) is 5.69 Å². The van der Waals surface area contributed by atoms with Crippen LogP contribution in [0.1, 0.15) is 31.9 Å². The van der Waals surface area contributed by atoms with Gasteiger partial charge < -0.3 is 19.3 Å². The topological polar surface area (TPSA) is 115 Å². The maximum atomic E-state index is 13.0. The molecule has 33 heavy (non-hydrogen) atoms. The molecule has 3 aliphatic heterocycles. The molecular weight excluding hydrogens is 448 g/mol. The van der Waals surface area contributed by atoms with Crippen molar-refractivity contribution in [1.29, 1.82) is 0 Å². The SMILES string of the molecule is CCOC(=O)C1=C(C)N=C2SC=C(CC(=O)N3CCOCC3)N2[C@@H]1c1cccc([N+](=O)[O-])c1. The smallest absolute Gasteiger partial charge is 0.338 e. The van der Waals surface area contributed by atoms with Gasteiger partial charge in [0.05, 0.1) is 48.5 Å². The highest BCUT2D eigenvalue weighted by Crippen LogP contribution is 2.45. The summed E-state index contributed by atoms with van der Waals surface area (Å²) < 4.78 is 10.6. The molecule has 0 radical (unpaired) electrons. The van der Waals surface area contributed by atoms with E-state index in [1.54, 1.807) is 30.9 Å². The minimum atomic E-state index is -0.699. The molecule has 0 bridgehead atoms. The molecule has 0 aromatic heterocycles. The minimum Gasteiger partial charge on any atom is -0.463 e.